The van der Waals surface area contributed by atoms with Crippen LogP contribution in [0.15, 0.2) is 54.6 Å². The van der Waals surface area contributed by atoms with Gasteiger partial charge in [-0.2, -0.15) is 0 Å². The van der Waals surface area contributed by atoms with Gasteiger partial charge in [0.05, 0.1) is 24.6 Å². The minimum absolute atomic E-state index is 0.0507. The third kappa shape index (κ3) is 5.25. The molecule has 1 aliphatic carbocycles. The lowest BCUT2D eigenvalue weighted by molar-refractivity contribution is -0.127. The molecule has 2 aromatic carbocycles. The van der Waals surface area contributed by atoms with Gasteiger partial charge in [-0.25, -0.2) is 9.69 Å². The minimum Gasteiger partial charge on any atom is -0.383 e. The first-order valence-electron chi connectivity index (χ1n) is 11.6. The molecule has 0 spiro atoms. The summed E-state index contributed by atoms with van der Waals surface area (Å²) in [5.41, 5.74) is 2.43. The lowest BCUT2D eigenvalue weighted by Crippen LogP contribution is -2.62. The summed E-state index contributed by atoms with van der Waals surface area (Å²) in [4.78, 5) is 42.2. The number of nitrogens with zero attached hydrogens (tertiary/aromatic N) is 2. The lowest BCUT2D eigenvalue weighted by atomic mass is 9.81. The summed E-state index contributed by atoms with van der Waals surface area (Å²) >= 11 is 0. The molecule has 4 rings (SSSR count). The van der Waals surface area contributed by atoms with Crippen molar-refractivity contribution in [2.24, 2.45) is 5.92 Å². The molecule has 4 amide bonds. The SMILES string of the molecule is COCCNC(=O)Cc1ccc(N2C(=O)C3CCCCC3N(Cc3ccccc3)C2=O)cc1. The second-order valence-electron chi connectivity index (χ2n) is 8.71. The summed E-state index contributed by atoms with van der Waals surface area (Å²) in [7, 11) is 1.59. The Morgan fingerprint density at radius 3 is 2.45 bits per heavy atom. The average Bonchev–Trinajstić information content (AvgIpc) is 2.84. The fourth-order valence-electron chi connectivity index (χ4n) is 4.81. The normalized spacial score (nSPS) is 20.5. The van der Waals surface area contributed by atoms with Crippen LogP contribution in [-0.2, 0) is 27.3 Å². The topological polar surface area (TPSA) is 79.0 Å². The standard InChI is InChI=1S/C26H31N3O4/c1-33-16-15-27-24(30)17-19-11-13-21(14-12-19)29-25(31)22-9-5-6-10-23(22)28(26(29)32)18-20-7-3-2-4-8-20/h2-4,7-8,11-14,22-23H,5-6,9-10,15-18H2,1H3,(H,27,30). The van der Waals surface area contributed by atoms with Gasteiger partial charge in [0.15, 0.2) is 0 Å². The van der Waals surface area contributed by atoms with Gasteiger partial charge in [0.1, 0.15) is 0 Å². The highest BCUT2D eigenvalue weighted by molar-refractivity contribution is 6.17. The Morgan fingerprint density at radius 1 is 1.00 bits per heavy atom. The van der Waals surface area contributed by atoms with Crippen molar-refractivity contribution in [3.8, 4) is 0 Å². The minimum atomic E-state index is -0.267. The predicted molar refractivity (Wildman–Crippen MR) is 126 cm³/mol. The van der Waals surface area contributed by atoms with Crippen LogP contribution >= 0.6 is 0 Å². The van der Waals surface area contributed by atoms with E-state index in [2.05, 4.69) is 5.32 Å². The molecule has 2 fully saturated rings. The maximum Gasteiger partial charge on any atom is 0.331 e. The van der Waals surface area contributed by atoms with Gasteiger partial charge in [0.2, 0.25) is 11.8 Å². The molecular formula is C26H31N3O4. The lowest BCUT2D eigenvalue weighted by Gasteiger charge is -2.46. The number of methoxy groups -OCH3 is 1. The first kappa shape index (κ1) is 23.0. The number of anilines is 1. The number of nitrogens with one attached hydrogen (secondary N) is 1. The number of amides is 4. The molecule has 0 bridgehead atoms. The molecule has 0 radical (unpaired) electrons. The number of carbonyl (C=O) groups is 3. The van der Waals surface area contributed by atoms with E-state index in [9.17, 15) is 14.4 Å². The third-order valence-corrected chi connectivity index (χ3v) is 6.49. The Hall–Kier alpha value is -3.19. The van der Waals surface area contributed by atoms with E-state index >= 15 is 0 Å². The van der Waals surface area contributed by atoms with Crippen LogP contribution in [0.1, 0.15) is 36.8 Å². The highest BCUT2D eigenvalue weighted by Crippen LogP contribution is 2.37. The number of fused-ring (bicyclic) bond motifs is 1. The van der Waals surface area contributed by atoms with Gasteiger partial charge < -0.3 is 15.0 Å². The van der Waals surface area contributed by atoms with E-state index in [1.54, 1.807) is 31.4 Å². The molecule has 2 aliphatic rings. The first-order chi connectivity index (χ1) is 16.1. The van der Waals surface area contributed by atoms with Crippen molar-refractivity contribution >= 4 is 23.5 Å². The van der Waals surface area contributed by atoms with Gasteiger partial charge in [-0.3, -0.25) is 9.59 Å². The van der Waals surface area contributed by atoms with E-state index in [1.165, 1.54) is 4.90 Å². The van der Waals surface area contributed by atoms with Crippen molar-refractivity contribution in [3.05, 3.63) is 65.7 Å². The molecule has 1 N–H and O–H groups in total. The Labute approximate surface area is 194 Å². The second kappa shape index (κ2) is 10.6. The van der Waals surface area contributed by atoms with Crippen LogP contribution in [0.4, 0.5) is 10.5 Å². The fraction of sp³-hybridized carbons (Fsp3) is 0.423. The van der Waals surface area contributed by atoms with E-state index in [0.717, 1.165) is 36.8 Å². The third-order valence-electron chi connectivity index (χ3n) is 6.49. The van der Waals surface area contributed by atoms with Gasteiger partial charge in [0, 0.05) is 26.2 Å². The number of rotatable bonds is 8. The zero-order chi connectivity index (χ0) is 23.2. The molecule has 174 valence electrons. The van der Waals surface area contributed by atoms with Crippen molar-refractivity contribution in [1.29, 1.82) is 0 Å². The second-order valence-corrected chi connectivity index (χ2v) is 8.71. The van der Waals surface area contributed by atoms with Crippen molar-refractivity contribution in [2.45, 2.75) is 44.7 Å². The van der Waals surface area contributed by atoms with E-state index in [4.69, 9.17) is 4.74 Å². The van der Waals surface area contributed by atoms with E-state index < -0.39 is 0 Å². The van der Waals surface area contributed by atoms with E-state index in [0.29, 0.717) is 25.4 Å². The van der Waals surface area contributed by atoms with Gasteiger partial charge >= 0.3 is 6.03 Å². The summed E-state index contributed by atoms with van der Waals surface area (Å²) in [6.07, 6.45) is 3.94. The summed E-state index contributed by atoms with van der Waals surface area (Å²) in [6, 6.07) is 16.7. The van der Waals surface area contributed by atoms with Crippen molar-refractivity contribution in [1.82, 2.24) is 10.2 Å². The number of hydrogen-bond donors (Lipinski definition) is 1. The Morgan fingerprint density at radius 2 is 1.73 bits per heavy atom. The number of urea groups is 1. The van der Waals surface area contributed by atoms with Crippen molar-refractivity contribution in [3.63, 3.8) is 0 Å². The van der Waals surface area contributed by atoms with Crippen LogP contribution in [0.25, 0.3) is 0 Å². The molecule has 2 atom stereocenters. The van der Waals surface area contributed by atoms with E-state index in [-0.39, 0.29) is 36.2 Å². The quantitative estimate of drug-likeness (QED) is 0.626. The Kier molecular flexibility index (Phi) is 7.40. The van der Waals surface area contributed by atoms with Gasteiger partial charge in [-0.05, 0) is 36.1 Å². The van der Waals surface area contributed by atoms with E-state index in [1.807, 2.05) is 35.2 Å². The molecule has 1 aliphatic heterocycles. The first-order valence-corrected chi connectivity index (χ1v) is 11.6. The molecule has 33 heavy (non-hydrogen) atoms. The summed E-state index contributed by atoms with van der Waals surface area (Å²) in [5, 5.41) is 2.79. The molecule has 2 aromatic rings. The largest absolute Gasteiger partial charge is 0.383 e. The molecule has 1 heterocycles. The van der Waals surface area contributed by atoms with Crippen LogP contribution in [0.2, 0.25) is 0 Å². The maximum absolute atomic E-state index is 13.6. The van der Waals surface area contributed by atoms with Gasteiger partial charge in [0.25, 0.3) is 0 Å². The number of imide groups is 1. The monoisotopic (exact) mass is 449 g/mol. The predicted octanol–water partition coefficient (Wildman–Crippen LogP) is 3.52. The zero-order valence-corrected chi connectivity index (χ0v) is 19.0. The molecular weight excluding hydrogens is 418 g/mol. The molecule has 1 saturated carbocycles. The molecule has 7 nitrogen and oxygen atoms in total. The number of hydrogen-bond acceptors (Lipinski definition) is 4. The zero-order valence-electron chi connectivity index (χ0n) is 19.0. The number of benzene rings is 2. The molecule has 0 aromatic heterocycles. The maximum atomic E-state index is 13.6. The molecule has 1 saturated heterocycles. The van der Waals surface area contributed by atoms with Crippen LogP contribution in [0.5, 0.6) is 0 Å². The summed E-state index contributed by atoms with van der Waals surface area (Å²) in [5.74, 6) is -0.380. The van der Waals surface area contributed by atoms with Crippen molar-refractivity contribution < 1.29 is 19.1 Å². The number of carbonyl (C=O) groups excluding carboxylic acids is 3. The smallest absolute Gasteiger partial charge is 0.331 e. The van der Waals surface area contributed by atoms with Crippen molar-refractivity contribution in [2.75, 3.05) is 25.2 Å². The van der Waals surface area contributed by atoms with Crippen LogP contribution in [0, 0.1) is 5.92 Å². The molecule has 7 heteroatoms. The van der Waals surface area contributed by atoms with Crippen LogP contribution in [-0.4, -0.2) is 49.0 Å². The van der Waals surface area contributed by atoms with Gasteiger partial charge in [-0.1, -0.05) is 55.3 Å². The van der Waals surface area contributed by atoms with Crippen LogP contribution < -0.4 is 10.2 Å². The Bertz CT molecular complexity index is 977. The highest BCUT2D eigenvalue weighted by Gasteiger charge is 2.47. The fourth-order valence-corrected chi connectivity index (χ4v) is 4.81. The summed E-state index contributed by atoms with van der Waals surface area (Å²) in [6.45, 7) is 1.42. The molecule has 2 unspecified atom stereocenters. The average molecular weight is 450 g/mol. The summed E-state index contributed by atoms with van der Waals surface area (Å²) < 4.78 is 4.94. The highest BCUT2D eigenvalue weighted by atomic mass is 16.5. The Balaban J connectivity index is 1.52. The number of ether oxygens (including phenoxy) is 1. The van der Waals surface area contributed by atoms with Gasteiger partial charge in [-0.15, -0.1) is 0 Å². The van der Waals surface area contributed by atoms with Crippen LogP contribution in [0.3, 0.4) is 0 Å².